The number of carboxylic acids is 1. The monoisotopic (exact) mass is 229 g/mol. The van der Waals surface area contributed by atoms with Crippen molar-refractivity contribution in [1.29, 1.82) is 0 Å². The van der Waals surface area contributed by atoms with Gasteiger partial charge in [-0.3, -0.25) is 9.59 Å². The first-order valence-corrected chi connectivity index (χ1v) is 5.76. The number of aliphatic hydroxyl groups excluding tert-OH is 1. The summed E-state index contributed by atoms with van der Waals surface area (Å²) in [5, 5.41) is 20.5. The maximum atomic E-state index is 11.3. The minimum Gasteiger partial charge on any atom is -0.481 e. The number of amides is 1. The van der Waals surface area contributed by atoms with E-state index in [1.54, 1.807) is 0 Å². The van der Waals surface area contributed by atoms with Crippen molar-refractivity contribution < 1.29 is 19.8 Å². The Morgan fingerprint density at radius 1 is 1.25 bits per heavy atom. The molecular weight excluding hydrogens is 210 g/mol. The molecule has 1 amide bonds. The molecule has 1 unspecified atom stereocenters. The normalized spacial score (nSPS) is 16.8. The van der Waals surface area contributed by atoms with Crippen LogP contribution in [0.25, 0.3) is 0 Å². The van der Waals surface area contributed by atoms with E-state index in [0.29, 0.717) is 31.7 Å². The summed E-state index contributed by atoms with van der Waals surface area (Å²) in [6.07, 6.45) is 3.24. The summed E-state index contributed by atoms with van der Waals surface area (Å²) in [5.74, 6) is -0.568. The molecule has 0 spiro atoms. The maximum Gasteiger partial charge on any atom is 0.303 e. The zero-order chi connectivity index (χ0) is 12.0. The molecule has 1 fully saturated rings. The molecule has 3 N–H and O–H groups in total. The number of aliphatic hydroxyl groups is 1. The number of carbonyl (C=O) groups is 2. The zero-order valence-corrected chi connectivity index (χ0v) is 9.32. The molecule has 1 aliphatic rings. The van der Waals surface area contributed by atoms with Crippen LogP contribution in [0.1, 0.15) is 38.5 Å². The Labute approximate surface area is 94.8 Å². The molecule has 16 heavy (non-hydrogen) atoms. The van der Waals surface area contributed by atoms with Gasteiger partial charge in [0, 0.05) is 19.4 Å². The van der Waals surface area contributed by atoms with Crippen LogP contribution < -0.4 is 5.32 Å². The van der Waals surface area contributed by atoms with Gasteiger partial charge in [0.2, 0.25) is 5.91 Å². The van der Waals surface area contributed by atoms with E-state index in [4.69, 9.17) is 5.11 Å². The Morgan fingerprint density at radius 3 is 2.44 bits per heavy atom. The van der Waals surface area contributed by atoms with Crippen LogP contribution in [0.15, 0.2) is 0 Å². The number of carboxylic acid groups (broad SMARTS) is 1. The molecule has 5 heteroatoms. The van der Waals surface area contributed by atoms with E-state index in [1.165, 1.54) is 0 Å². The second-order valence-corrected chi connectivity index (χ2v) is 4.31. The Hall–Kier alpha value is -1.10. The molecule has 0 aromatic rings. The Kier molecular flexibility index (Phi) is 5.25. The van der Waals surface area contributed by atoms with Gasteiger partial charge < -0.3 is 15.5 Å². The van der Waals surface area contributed by atoms with Gasteiger partial charge in [0.1, 0.15) is 0 Å². The minimum absolute atomic E-state index is 0.106. The van der Waals surface area contributed by atoms with Crippen molar-refractivity contribution >= 4 is 11.9 Å². The molecule has 0 radical (unpaired) electrons. The first kappa shape index (κ1) is 13.0. The fourth-order valence-electron chi connectivity index (χ4n) is 1.52. The molecule has 1 atom stereocenters. The number of nitrogens with one attached hydrogen (secondary N) is 1. The molecule has 0 aliphatic heterocycles. The third kappa shape index (κ3) is 5.70. The Morgan fingerprint density at radius 2 is 1.88 bits per heavy atom. The lowest BCUT2D eigenvalue weighted by molar-refractivity contribution is -0.137. The van der Waals surface area contributed by atoms with Crippen molar-refractivity contribution in [3.8, 4) is 0 Å². The number of unbranched alkanes of at least 4 members (excludes halogenated alkanes) is 1. The molecule has 1 aliphatic carbocycles. The highest BCUT2D eigenvalue weighted by molar-refractivity contribution is 5.75. The van der Waals surface area contributed by atoms with Gasteiger partial charge in [-0.15, -0.1) is 0 Å². The van der Waals surface area contributed by atoms with Crippen molar-refractivity contribution in [2.45, 2.75) is 44.6 Å². The molecule has 1 saturated carbocycles. The fourth-order valence-corrected chi connectivity index (χ4v) is 1.52. The molecule has 5 nitrogen and oxygen atoms in total. The second kappa shape index (κ2) is 6.48. The van der Waals surface area contributed by atoms with Gasteiger partial charge in [0.05, 0.1) is 6.10 Å². The second-order valence-electron chi connectivity index (χ2n) is 4.31. The molecule has 0 heterocycles. The highest BCUT2D eigenvalue weighted by atomic mass is 16.4. The van der Waals surface area contributed by atoms with E-state index in [-0.39, 0.29) is 12.3 Å². The number of hydrogen-bond acceptors (Lipinski definition) is 3. The molecule has 0 bridgehead atoms. The highest BCUT2D eigenvalue weighted by Crippen LogP contribution is 2.32. The van der Waals surface area contributed by atoms with Crippen molar-refractivity contribution in [1.82, 2.24) is 5.32 Å². The third-order valence-corrected chi connectivity index (χ3v) is 2.72. The van der Waals surface area contributed by atoms with Crippen LogP contribution in [0.5, 0.6) is 0 Å². The number of aliphatic carboxylic acids is 1. The van der Waals surface area contributed by atoms with Crippen LogP contribution in [0.3, 0.4) is 0 Å². The zero-order valence-electron chi connectivity index (χ0n) is 9.32. The summed E-state index contributed by atoms with van der Waals surface area (Å²) in [5.41, 5.74) is 0. The summed E-state index contributed by atoms with van der Waals surface area (Å²) in [7, 11) is 0. The molecule has 0 aromatic heterocycles. The standard InChI is InChI=1S/C11H19NO4/c13-9(8-5-6-8)7-12-10(14)3-1-2-4-11(15)16/h8-9,13H,1-7H2,(H,12,14)(H,15,16). The average molecular weight is 229 g/mol. The van der Waals surface area contributed by atoms with Gasteiger partial charge in [-0.25, -0.2) is 0 Å². The van der Waals surface area contributed by atoms with Crippen LogP contribution in [0.4, 0.5) is 0 Å². The van der Waals surface area contributed by atoms with Gasteiger partial charge in [-0.1, -0.05) is 0 Å². The first-order valence-electron chi connectivity index (χ1n) is 5.76. The number of rotatable bonds is 8. The van der Waals surface area contributed by atoms with Gasteiger partial charge in [0.25, 0.3) is 0 Å². The van der Waals surface area contributed by atoms with E-state index in [1.807, 2.05) is 0 Å². The quantitative estimate of drug-likeness (QED) is 0.529. The van der Waals surface area contributed by atoms with Crippen molar-refractivity contribution in [3.05, 3.63) is 0 Å². The molecule has 1 rings (SSSR count). The minimum atomic E-state index is -0.829. The average Bonchev–Trinajstić information content (AvgIpc) is 3.04. The van der Waals surface area contributed by atoms with Crippen LogP contribution in [-0.2, 0) is 9.59 Å². The topological polar surface area (TPSA) is 86.6 Å². The summed E-state index contributed by atoms with van der Waals surface area (Å²) in [4.78, 5) is 21.5. The van der Waals surface area contributed by atoms with Gasteiger partial charge in [0.15, 0.2) is 0 Å². The lowest BCUT2D eigenvalue weighted by Gasteiger charge is -2.10. The maximum absolute atomic E-state index is 11.3. The summed E-state index contributed by atoms with van der Waals surface area (Å²) < 4.78 is 0. The lowest BCUT2D eigenvalue weighted by Crippen LogP contribution is -2.32. The SMILES string of the molecule is O=C(O)CCCCC(=O)NCC(O)C1CC1. The summed E-state index contributed by atoms with van der Waals surface area (Å²) >= 11 is 0. The van der Waals surface area contributed by atoms with E-state index < -0.39 is 12.1 Å². The highest BCUT2D eigenvalue weighted by Gasteiger charge is 2.29. The van der Waals surface area contributed by atoms with Crippen molar-refractivity contribution in [3.63, 3.8) is 0 Å². The molecule has 0 aromatic carbocycles. The predicted octanol–water partition coefficient (Wildman–Crippen LogP) is 0.518. The van der Waals surface area contributed by atoms with E-state index >= 15 is 0 Å². The van der Waals surface area contributed by atoms with Crippen LogP contribution >= 0.6 is 0 Å². The number of hydrogen-bond donors (Lipinski definition) is 3. The molecular formula is C11H19NO4. The Balaban J connectivity index is 1.95. The van der Waals surface area contributed by atoms with Gasteiger partial charge >= 0.3 is 5.97 Å². The lowest BCUT2D eigenvalue weighted by atomic mass is 10.2. The summed E-state index contributed by atoms with van der Waals surface area (Å²) in [6.45, 7) is 0.322. The van der Waals surface area contributed by atoms with Gasteiger partial charge in [-0.2, -0.15) is 0 Å². The smallest absolute Gasteiger partial charge is 0.303 e. The van der Waals surface area contributed by atoms with Gasteiger partial charge in [-0.05, 0) is 31.6 Å². The van der Waals surface area contributed by atoms with Crippen LogP contribution in [-0.4, -0.2) is 34.7 Å². The van der Waals surface area contributed by atoms with E-state index in [2.05, 4.69) is 5.32 Å². The Bertz CT molecular complexity index is 250. The van der Waals surface area contributed by atoms with E-state index in [9.17, 15) is 14.7 Å². The largest absolute Gasteiger partial charge is 0.481 e. The van der Waals surface area contributed by atoms with Crippen LogP contribution in [0.2, 0.25) is 0 Å². The summed E-state index contributed by atoms with van der Waals surface area (Å²) in [6, 6.07) is 0. The predicted molar refractivity (Wildman–Crippen MR) is 57.8 cm³/mol. The fraction of sp³-hybridized carbons (Fsp3) is 0.818. The van der Waals surface area contributed by atoms with E-state index in [0.717, 1.165) is 12.8 Å². The number of carbonyl (C=O) groups excluding carboxylic acids is 1. The molecule has 92 valence electrons. The third-order valence-electron chi connectivity index (χ3n) is 2.72. The van der Waals surface area contributed by atoms with Crippen molar-refractivity contribution in [2.24, 2.45) is 5.92 Å². The van der Waals surface area contributed by atoms with Crippen LogP contribution in [0, 0.1) is 5.92 Å². The van der Waals surface area contributed by atoms with Crippen molar-refractivity contribution in [2.75, 3.05) is 6.54 Å². The first-order chi connectivity index (χ1) is 7.59. The molecule has 0 saturated heterocycles.